The predicted molar refractivity (Wildman–Crippen MR) is 65.7 cm³/mol. The molecule has 0 atom stereocenters. The van der Waals surface area contributed by atoms with E-state index in [2.05, 4.69) is 15.9 Å². The highest BCUT2D eigenvalue weighted by molar-refractivity contribution is 9.10. The van der Waals surface area contributed by atoms with Crippen LogP contribution in [0.15, 0.2) is 28.7 Å². The molecule has 0 radical (unpaired) electrons. The van der Waals surface area contributed by atoms with Crippen molar-refractivity contribution in [2.75, 3.05) is 21.3 Å². The highest BCUT2D eigenvalue weighted by Gasteiger charge is 2.42. The van der Waals surface area contributed by atoms with Gasteiger partial charge in [0, 0.05) is 25.8 Å². The summed E-state index contributed by atoms with van der Waals surface area (Å²) in [5, 5.41) is 0. The van der Waals surface area contributed by atoms with Gasteiger partial charge in [-0.3, -0.25) is 0 Å². The van der Waals surface area contributed by atoms with Gasteiger partial charge in [0.05, 0.1) is 6.61 Å². The fourth-order valence-electron chi connectivity index (χ4n) is 1.18. The summed E-state index contributed by atoms with van der Waals surface area (Å²) in [6, 6.07) is 7.83. The molecule has 1 aromatic rings. The Morgan fingerprint density at radius 3 is 1.94 bits per heavy atom. The molecule has 0 spiro atoms. The van der Waals surface area contributed by atoms with Crippen molar-refractivity contribution in [2.45, 2.75) is 6.61 Å². The quantitative estimate of drug-likeness (QED) is 0.756. The Hall–Kier alpha value is -0.243. The molecule has 4 nitrogen and oxygen atoms in total. The van der Waals surface area contributed by atoms with E-state index in [1.54, 1.807) is 0 Å². The SMILES string of the molecule is CO[Si](OC)(OC)OCc1ccc(Br)cc1. The lowest BCUT2D eigenvalue weighted by atomic mass is 10.2. The molecule has 0 aliphatic rings. The Morgan fingerprint density at radius 1 is 1.00 bits per heavy atom. The second-order valence-electron chi connectivity index (χ2n) is 3.03. The van der Waals surface area contributed by atoms with Crippen LogP contribution >= 0.6 is 15.9 Å². The van der Waals surface area contributed by atoms with Crippen LogP contribution in [0.3, 0.4) is 0 Å². The molecular weight excluding hydrogens is 292 g/mol. The van der Waals surface area contributed by atoms with Gasteiger partial charge in [-0.05, 0) is 17.7 Å². The van der Waals surface area contributed by atoms with Crippen LogP contribution in [0.2, 0.25) is 0 Å². The van der Waals surface area contributed by atoms with Gasteiger partial charge in [-0.1, -0.05) is 28.1 Å². The Labute approximate surface area is 105 Å². The maximum absolute atomic E-state index is 5.56. The molecule has 0 heterocycles. The van der Waals surface area contributed by atoms with Crippen LogP contribution < -0.4 is 0 Å². The Balaban J connectivity index is 2.58. The molecule has 1 rings (SSSR count). The summed E-state index contributed by atoms with van der Waals surface area (Å²) in [6.45, 7) is 0.398. The van der Waals surface area contributed by atoms with E-state index in [1.807, 2.05) is 24.3 Å². The van der Waals surface area contributed by atoms with Crippen LogP contribution in [0.4, 0.5) is 0 Å². The fourth-order valence-corrected chi connectivity index (χ4v) is 2.64. The maximum atomic E-state index is 5.56. The largest absolute Gasteiger partial charge is 0.679 e. The molecule has 0 N–H and O–H groups in total. The third-order valence-corrected chi connectivity index (χ3v) is 4.61. The van der Waals surface area contributed by atoms with Crippen molar-refractivity contribution in [3.63, 3.8) is 0 Å². The molecule has 0 unspecified atom stereocenters. The number of hydrogen-bond donors (Lipinski definition) is 0. The van der Waals surface area contributed by atoms with Crippen LogP contribution in [-0.2, 0) is 24.3 Å². The summed E-state index contributed by atoms with van der Waals surface area (Å²) in [5.74, 6) is 0. The molecule has 0 fully saturated rings. The van der Waals surface area contributed by atoms with E-state index in [9.17, 15) is 0 Å². The molecule has 1 aromatic carbocycles. The third-order valence-electron chi connectivity index (χ3n) is 2.08. The molecule has 16 heavy (non-hydrogen) atoms. The molecule has 0 amide bonds. The fraction of sp³-hybridized carbons (Fsp3) is 0.400. The van der Waals surface area contributed by atoms with Crippen molar-refractivity contribution in [1.82, 2.24) is 0 Å². The first-order valence-electron chi connectivity index (χ1n) is 4.69. The Morgan fingerprint density at radius 2 is 1.50 bits per heavy atom. The maximum Gasteiger partial charge on any atom is 0.679 e. The smallest absolute Gasteiger partial charge is 0.355 e. The molecule has 90 valence electrons. The topological polar surface area (TPSA) is 36.9 Å². The second kappa shape index (κ2) is 6.48. The molecule has 0 saturated heterocycles. The van der Waals surface area contributed by atoms with E-state index in [4.69, 9.17) is 17.7 Å². The van der Waals surface area contributed by atoms with Crippen LogP contribution in [0.5, 0.6) is 0 Å². The molecule has 0 aromatic heterocycles. The number of benzene rings is 1. The van der Waals surface area contributed by atoms with Gasteiger partial charge in [0.2, 0.25) is 0 Å². The van der Waals surface area contributed by atoms with E-state index in [0.29, 0.717) is 6.61 Å². The van der Waals surface area contributed by atoms with Crippen molar-refractivity contribution in [3.8, 4) is 0 Å². The van der Waals surface area contributed by atoms with Crippen LogP contribution in [0.25, 0.3) is 0 Å². The molecular formula is C10H15BrO4Si. The first-order valence-corrected chi connectivity index (χ1v) is 7.12. The zero-order chi connectivity index (χ0) is 12.0. The molecule has 6 heteroatoms. The monoisotopic (exact) mass is 306 g/mol. The van der Waals surface area contributed by atoms with E-state index < -0.39 is 9.05 Å². The van der Waals surface area contributed by atoms with Gasteiger partial charge >= 0.3 is 9.05 Å². The van der Waals surface area contributed by atoms with Crippen molar-refractivity contribution < 1.29 is 17.7 Å². The van der Waals surface area contributed by atoms with Gasteiger partial charge in [-0.25, -0.2) is 0 Å². The zero-order valence-corrected chi connectivity index (χ0v) is 12.1. The second-order valence-corrected chi connectivity index (χ2v) is 6.46. The summed E-state index contributed by atoms with van der Waals surface area (Å²) in [7, 11) is 1.62. The van der Waals surface area contributed by atoms with Gasteiger partial charge in [0.25, 0.3) is 0 Å². The first-order chi connectivity index (χ1) is 7.65. The lowest BCUT2D eigenvalue weighted by Crippen LogP contribution is -2.46. The average molecular weight is 307 g/mol. The Kier molecular flexibility index (Phi) is 5.60. The normalized spacial score (nSPS) is 11.8. The van der Waals surface area contributed by atoms with Crippen molar-refractivity contribution >= 4 is 25.0 Å². The van der Waals surface area contributed by atoms with Crippen LogP contribution in [0, 0.1) is 0 Å². The number of hydrogen-bond acceptors (Lipinski definition) is 4. The summed E-state index contributed by atoms with van der Waals surface area (Å²) in [4.78, 5) is 0. The van der Waals surface area contributed by atoms with Gasteiger partial charge in [0.1, 0.15) is 0 Å². The van der Waals surface area contributed by atoms with Crippen molar-refractivity contribution in [2.24, 2.45) is 0 Å². The van der Waals surface area contributed by atoms with Crippen LogP contribution in [0.1, 0.15) is 5.56 Å². The summed E-state index contributed by atoms with van der Waals surface area (Å²) < 4.78 is 22.0. The first kappa shape index (κ1) is 13.8. The molecule has 0 saturated carbocycles. The molecule has 0 aliphatic heterocycles. The van der Waals surface area contributed by atoms with E-state index in [1.165, 1.54) is 21.3 Å². The Bertz CT molecular complexity index is 305. The van der Waals surface area contributed by atoms with Crippen molar-refractivity contribution in [3.05, 3.63) is 34.3 Å². The average Bonchev–Trinajstić information content (AvgIpc) is 2.34. The van der Waals surface area contributed by atoms with E-state index in [-0.39, 0.29) is 0 Å². The number of halogens is 1. The van der Waals surface area contributed by atoms with E-state index >= 15 is 0 Å². The number of rotatable bonds is 6. The van der Waals surface area contributed by atoms with Gasteiger partial charge in [-0.15, -0.1) is 0 Å². The minimum Gasteiger partial charge on any atom is -0.355 e. The summed E-state index contributed by atoms with van der Waals surface area (Å²) in [6.07, 6.45) is 0. The van der Waals surface area contributed by atoms with Crippen LogP contribution in [-0.4, -0.2) is 30.4 Å². The minimum atomic E-state index is -2.93. The van der Waals surface area contributed by atoms with E-state index in [0.717, 1.165) is 10.0 Å². The molecule has 0 bridgehead atoms. The summed E-state index contributed by atoms with van der Waals surface area (Å²) in [5.41, 5.74) is 1.03. The van der Waals surface area contributed by atoms with Gasteiger partial charge in [-0.2, -0.15) is 0 Å². The lowest BCUT2D eigenvalue weighted by molar-refractivity contribution is 0.000618. The highest BCUT2D eigenvalue weighted by atomic mass is 79.9. The predicted octanol–water partition coefficient (Wildman–Crippen LogP) is 2.34. The molecule has 0 aliphatic carbocycles. The standard InChI is InChI=1S/C10H15BrO4Si/c1-12-16(13-2,14-3)15-8-9-4-6-10(11)7-5-9/h4-7H,8H2,1-3H3. The zero-order valence-electron chi connectivity index (χ0n) is 9.53. The van der Waals surface area contributed by atoms with Gasteiger partial charge < -0.3 is 17.7 Å². The highest BCUT2D eigenvalue weighted by Crippen LogP contribution is 2.14. The van der Waals surface area contributed by atoms with Crippen molar-refractivity contribution in [1.29, 1.82) is 0 Å². The summed E-state index contributed by atoms with van der Waals surface area (Å²) >= 11 is 3.37. The third kappa shape index (κ3) is 3.65. The lowest BCUT2D eigenvalue weighted by Gasteiger charge is -2.22. The van der Waals surface area contributed by atoms with Gasteiger partial charge in [0.15, 0.2) is 0 Å². The minimum absolute atomic E-state index is 0.398.